The lowest BCUT2D eigenvalue weighted by molar-refractivity contribution is -0.137. The van der Waals surface area contributed by atoms with Crippen molar-refractivity contribution in [2.24, 2.45) is 5.92 Å². The SMILES string of the molecule is CC(C)C(=O)NC1CCC(Oc2ccc(C(F)(F)F)cn2)CC1. The van der Waals surface area contributed by atoms with Crippen LogP contribution < -0.4 is 10.1 Å². The van der Waals surface area contributed by atoms with Crippen LogP contribution in [0.4, 0.5) is 13.2 Å². The highest BCUT2D eigenvalue weighted by atomic mass is 19.4. The number of carbonyl (C=O) groups excluding carboxylic acids is 1. The van der Waals surface area contributed by atoms with Gasteiger partial charge in [-0.1, -0.05) is 13.8 Å². The Bertz CT molecular complexity index is 521. The Kier molecular flexibility index (Phi) is 5.49. The van der Waals surface area contributed by atoms with Gasteiger partial charge in [-0.25, -0.2) is 4.98 Å². The van der Waals surface area contributed by atoms with Gasteiger partial charge in [-0.2, -0.15) is 13.2 Å². The molecule has 1 amide bonds. The summed E-state index contributed by atoms with van der Waals surface area (Å²) in [4.78, 5) is 15.4. The molecule has 1 N–H and O–H groups in total. The first-order chi connectivity index (χ1) is 10.8. The summed E-state index contributed by atoms with van der Waals surface area (Å²) in [6, 6.07) is 2.36. The summed E-state index contributed by atoms with van der Waals surface area (Å²) in [5.41, 5.74) is -0.787. The maximum Gasteiger partial charge on any atom is 0.417 e. The first kappa shape index (κ1) is 17.6. The molecule has 23 heavy (non-hydrogen) atoms. The summed E-state index contributed by atoms with van der Waals surface area (Å²) < 4.78 is 43.0. The van der Waals surface area contributed by atoms with E-state index in [0.29, 0.717) is 0 Å². The lowest BCUT2D eigenvalue weighted by Crippen LogP contribution is -2.41. The molecule has 2 rings (SSSR count). The van der Waals surface area contributed by atoms with Crippen molar-refractivity contribution in [3.05, 3.63) is 23.9 Å². The van der Waals surface area contributed by atoms with Gasteiger partial charge in [-0.05, 0) is 31.7 Å². The fourth-order valence-electron chi connectivity index (χ4n) is 2.48. The van der Waals surface area contributed by atoms with E-state index in [0.717, 1.165) is 37.9 Å². The van der Waals surface area contributed by atoms with Gasteiger partial charge >= 0.3 is 6.18 Å². The van der Waals surface area contributed by atoms with Gasteiger partial charge in [0.2, 0.25) is 11.8 Å². The molecule has 0 aromatic carbocycles. The number of hydrogen-bond donors (Lipinski definition) is 1. The fraction of sp³-hybridized carbons (Fsp3) is 0.625. The minimum atomic E-state index is -4.39. The number of ether oxygens (including phenoxy) is 1. The summed E-state index contributed by atoms with van der Waals surface area (Å²) in [7, 11) is 0. The van der Waals surface area contributed by atoms with Crippen molar-refractivity contribution in [2.75, 3.05) is 0 Å². The van der Waals surface area contributed by atoms with Crippen molar-refractivity contribution in [3.8, 4) is 5.88 Å². The summed E-state index contributed by atoms with van der Waals surface area (Å²) in [5.74, 6) is 0.201. The van der Waals surface area contributed by atoms with Crippen LogP contribution >= 0.6 is 0 Å². The van der Waals surface area contributed by atoms with Gasteiger partial charge in [0.05, 0.1) is 5.56 Å². The second-order valence-corrected chi connectivity index (χ2v) is 6.14. The molecular formula is C16H21F3N2O2. The number of nitrogens with zero attached hydrogens (tertiary/aromatic N) is 1. The van der Waals surface area contributed by atoms with Crippen LogP contribution in [0.5, 0.6) is 5.88 Å². The summed E-state index contributed by atoms with van der Waals surface area (Å²) in [5, 5.41) is 2.99. The van der Waals surface area contributed by atoms with Crippen LogP contribution in [0.3, 0.4) is 0 Å². The zero-order valence-electron chi connectivity index (χ0n) is 13.2. The molecule has 0 aliphatic heterocycles. The van der Waals surface area contributed by atoms with E-state index in [1.54, 1.807) is 0 Å². The number of hydrogen-bond acceptors (Lipinski definition) is 3. The van der Waals surface area contributed by atoms with Crippen LogP contribution in [0, 0.1) is 5.92 Å². The molecular weight excluding hydrogens is 309 g/mol. The molecule has 0 atom stereocenters. The number of amides is 1. The van der Waals surface area contributed by atoms with Gasteiger partial charge < -0.3 is 10.1 Å². The molecule has 7 heteroatoms. The van der Waals surface area contributed by atoms with E-state index in [1.165, 1.54) is 6.07 Å². The maximum atomic E-state index is 12.5. The van der Waals surface area contributed by atoms with Crippen molar-refractivity contribution < 1.29 is 22.7 Å². The van der Waals surface area contributed by atoms with E-state index in [-0.39, 0.29) is 29.9 Å². The zero-order chi connectivity index (χ0) is 17.0. The summed E-state index contributed by atoms with van der Waals surface area (Å²) in [6.45, 7) is 3.70. The third-order valence-electron chi connectivity index (χ3n) is 3.90. The van der Waals surface area contributed by atoms with Crippen LogP contribution in [0.15, 0.2) is 18.3 Å². The van der Waals surface area contributed by atoms with Crippen molar-refractivity contribution in [1.82, 2.24) is 10.3 Å². The van der Waals surface area contributed by atoms with Gasteiger partial charge in [0.25, 0.3) is 0 Å². The second-order valence-electron chi connectivity index (χ2n) is 6.14. The monoisotopic (exact) mass is 330 g/mol. The molecule has 1 aromatic heterocycles. The highest BCUT2D eigenvalue weighted by Gasteiger charge is 2.31. The lowest BCUT2D eigenvalue weighted by Gasteiger charge is -2.29. The van der Waals surface area contributed by atoms with E-state index < -0.39 is 11.7 Å². The molecule has 1 fully saturated rings. The Labute approximate surface area is 133 Å². The number of aromatic nitrogens is 1. The van der Waals surface area contributed by atoms with Crippen molar-refractivity contribution in [3.63, 3.8) is 0 Å². The topological polar surface area (TPSA) is 51.2 Å². The van der Waals surface area contributed by atoms with Crippen LogP contribution in [0.1, 0.15) is 45.1 Å². The minimum absolute atomic E-state index is 0.0405. The number of nitrogens with one attached hydrogen (secondary N) is 1. The normalized spacial score (nSPS) is 22.0. The van der Waals surface area contributed by atoms with E-state index in [1.807, 2.05) is 13.8 Å². The minimum Gasteiger partial charge on any atom is -0.474 e. The number of rotatable bonds is 4. The van der Waals surface area contributed by atoms with E-state index in [2.05, 4.69) is 10.3 Å². The van der Waals surface area contributed by atoms with Gasteiger partial charge in [0, 0.05) is 24.2 Å². The summed E-state index contributed by atoms with van der Waals surface area (Å²) in [6.07, 6.45) is -0.612. The van der Waals surface area contributed by atoms with Crippen molar-refractivity contribution in [2.45, 2.75) is 57.9 Å². The molecule has 128 valence electrons. The molecule has 1 aromatic rings. The third-order valence-corrected chi connectivity index (χ3v) is 3.90. The largest absolute Gasteiger partial charge is 0.474 e. The van der Waals surface area contributed by atoms with E-state index in [4.69, 9.17) is 4.74 Å². The average Bonchev–Trinajstić information content (AvgIpc) is 2.49. The molecule has 1 aliphatic rings. The second kappa shape index (κ2) is 7.19. The highest BCUT2D eigenvalue weighted by molar-refractivity contribution is 5.78. The Hall–Kier alpha value is -1.79. The van der Waals surface area contributed by atoms with Crippen molar-refractivity contribution in [1.29, 1.82) is 0 Å². The number of halogens is 3. The van der Waals surface area contributed by atoms with Crippen LogP contribution in [-0.2, 0) is 11.0 Å². The number of pyridine rings is 1. The highest BCUT2D eigenvalue weighted by Crippen LogP contribution is 2.30. The molecule has 4 nitrogen and oxygen atoms in total. The standard InChI is InChI=1S/C16H21F3N2O2/c1-10(2)15(22)21-12-4-6-13(7-5-12)23-14-8-3-11(9-20-14)16(17,18)19/h3,8-10,12-13H,4-7H2,1-2H3,(H,21,22). The maximum absolute atomic E-state index is 12.5. The molecule has 0 unspecified atom stereocenters. The smallest absolute Gasteiger partial charge is 0.417 e. The first-order valence-electron chi connectivity index (χ1n) is 7.76. The Morgan fingerprint density at radius 3 is 2.39 bits per heavy atom. The van der Waals surface area contributed by atoms with E-state index in [9.17, 15) is 18.0 Å². The predicted octanol–water partition coefficient (Wildman–Crippen LogP) is 3.56. The zero-order valence-corrected chi connectivity index (χ0v) is 13.2. The molecule has 0 radical (unpaired) electrons. The van der Waals surface area contributed by atoms with Crippen molar-refractivity contribution >= 4 is 5.91 Å². The van der Waals surface area contributed by atoms with Crippen LogP contribution in [0.2, 0.25) is 0 Å². The van der Waals surface area contributed by atoms with Crippen LogP contribution in [-0.4, -0.2) is 23.0 Å². The Morgan fingerprint density at radius 2 is 1.91 bits per heavy atom. The molecule has 0 bridgehead atoms. The van der Waals surface area contributed by atoms with Gasteiger partial charge in [0.1, 0.15) is 6.10 Å². The van der Waals surface area contributed by atoms with E-state index >= 15 is 0 Å². The third kappa shape index (κ3) is 5.11. The average molecular weight is 330 g/mol. The Balaban J connectivity index is 1.81. The first-order valence-corrected chi connectivity index (χ1v) is 7.76. The quantitative estimate of drug-likeness (QED) is 0.918. The van der Waals surface area contributed by atoms with Gasteiger partial charge in [0.15, 0.2) is 0 Å². The number of alkyl halides is 3. The molecule has 0 spiro atoms. The van der Waals surface area contributed by atoms with Crippen LogP contribution in [0.25, 0.3) is 0 Å². The Morgan fingerprint density at radius 1 is 1.26 bits per heavy atom. The lowest BCUT2D eigenvalue weighted by atomic mass is 9.92. The van der Waals surface area contributed by atoms with Gasteiger partial charge in [-0.3, -0.25) is 4.79 Å². The van der Waals surface area contributed by atoms with Gasteiger partial charge in [-0.15, -0.1) is 0 Å². The molecule has 1 heterocycles. The predicted molar refractivity (Wildman–Crippen MR) is 78.9 cm³/mol. The summed E-state index contributed by atoms with van der Waals surface area (Å²) >= 11 is 0. The fourth-order valence-corrected chi connectivity index (χ4v) is 2.48. The molecule has 1 saturated carbocycles. The number of carbonyl (C=O) groups is 1. The molecule has 1 aliphatic carbocycles. The molecule has 0 saturated heterocycles.